The molecule has 162 valence electrons. The Bertz CT molecular complexity index is 1180. The van der Waals surface area contributed by atoms with Gasteiger partial charge in [0.1, 0.15) is 4.83 Å². The van der Waals surface area contributed by atoms with Crippen molar-refractivity contribution >= 4 is 39.2 Å². The number of amides is 1. The van der Waals surface area contributed by atoms with Crippen LogP contribution in [0.5, 0.6) is 0 Å². The van der Waals surface area contributed by atoms with E-state index in [2.05, 4.69) is 6.92 Å². The minimum atomic E-state index is -0.00672. The lowest BCUT2D eigenvalue weighted by Crippen LogP contribution is -2.34. The Labute approximate surface area is 190 Å². The van der Waals surface area contributed by atoms with Crippen LogP contribution in [-0.2, 0) is 17.6 Å². The highest BCUT2D eigenvalue weighted by Gasteiger charge is 2.31. The molecule has 0 aliphatic heterocycles. The zero-order valence-electron chi connectivity index (χ0n) is 18.0. The number of thioether (sulfide) groups is 1. The number of benzene rings is 1. The lowest BCUT2D eigenvalue weighted by molar-refractivity contribution is -0.128. The Morgan fingerprint density at radius 3 is 2.74 bits per heavy atom. The van der Waals surface area contributed by atoms with Crippen LogP contribution in [0.4, 0.5) is 0 Å². The molecule has 1 amide bonds. The fourth-order valence-electron chi connectivity index (χ4n) is 4.51. The van der Waals surface area contributed by atoms with Crippen LogP contribution in [-0.4, -0.2) is 38.7 Å². The largest absolute Gasteiger partial charge is 0.339 e. The molecule has 5 rings (SSSR count). The third-order valence-corrected chi connectivity index (χ3v) is 8.36. The van der Waals surface area contributed by atoms with Crippen LogP contribution in [0.1, 0.15) is 43.6 Å². The van der Waals surface area contributed by atoms with Crippen molar-refractivity contribution in [2.24, 2.45) is 5.92 Å². The number of hydrogen-bond donors (Lipinski definition) is 0. The summed E-state index contributed by atoms with van der Waals surface area (Å²) in [6, 6.07) is 10.1. The number of aryl methyl sites for hydroxylation is 1. The number of aromatic nitrogens is 2. The van der Waals surface area contributed by atoms with Crippen LogP contribution in [0.3, 0.4) is 0 Å². The van der Waals surface area contributed by atoms with E-state index >= 15 is 0 Å². The van der Waals surface area contributed by atoms with E-state index in [9.17, 15) is 9.59 Å². The molecular weight excluding hydrogens is 426 g/mol. The van der Waals surface area contributed by atoms with Gasteiger partial charge in [0, 0.05) is 17.5 Å². The molecule has 1 aromatic carbocycles. The molecule has 0 saturated heterocycles. The van der Waals surface area contributed by atoms with Gasteiger partial charge in [-0.2, -0.15) is 0 Å². The van der Waals surface area contributed by atoms with Crippen LogP contribution in [0.2, 0.25) is 0 Å². The summed E-state index contributed by atoms with van der Waals surface area (Å²) in [6.45, 7) is 5.04. The molecule has 1 atom stereocenters. The Hall–Kier alpha value is -2.12. The van der Waals surface area contributed by atoms with E-state index in [-0.39, 0.29) is 11.5 Å². The third kappa shape index (κ3) is 3.94. The molecule has 1 fully saturated rings. The third-order valence-electron chi connectivity index (χ3n) is 6.29. The van der Waals surface area contributed by atoms with Crippen molar-refractivity contribution in [3.8, 4) is 5.69 Å². The van der Waals surface area contributed by atoms with Crippen molar-refractivity contribution in [3.63, 3.8) is 0 Å². The molecule has 2 aliphatic carbocycles. The van der Waals surface area contributed by atoms with E-state index in [4.69, 9.17) is 4.98 Å². The van der Waals surface area contributed by atoms with Gasteiger partial charge in [-0.1, -0.05) is 36.9 Å². The van der Waals surface area contributed by atoms with Gasteiger partial charge in [0.05, 0.1) is 16.8 Å². The number of thiophene rings is 1. The van der Waals surface area contributed by atoms with Gasteiger partial charge in [-0.3, -0.25) is 14.2 Å². The smallest absolute Gasteiger partial charge is 0.267 e. The van der Waals surface area contributed by atoms with Crippen LogP contribution < -0.4 is 5.56 Å². The van der Waals surface area contributed by atoms with Crippen LogP contribution in [0.25, 0.3) is 15.9 Å². The van der Waals surface area contributed by atoms with Crippen LogP contribution >= 0.6 is 23.1 Å². The highest BCUT2D eigenvalue weighted by atomic mass is 32.2. The van der Waals surface area contributed by atoms with Gasteiger partial charge in [-0.05, 0) is 62.6 Å². The Morgan fingerprint density at radius 1 is 1.26 bits per heavy atom. The summed E-state index contributed by atoms with van der Waals surface area (Å²) >= 11 is 3.04. The molecule has 5 nitrogen and oxygen atoms in total. The van der Waals surface area contributed by atoms with Crippen LogP contribution in [0, 0.1) is 5.92 Å². The molecule has 7 heteroatoms. The fourth-order valence-corrected chi connectivity index (χ4v) is 6.83. The molecule has 2 heterocycles. The molecule has 3 aromatic rings. The maximum absolute atomic E-state index is 13.7. The molecule has 31 heavy (non-hydrogen) atoms. The second-order valence-electron chi connectivity index (χ2n) is 8.60. The first-order valence-corrected chi connectivity index (χ1v) is 12.9. The first kappa shape index (κ1) is 20.8. The average Bonchev–Trinajstić information content (AvgIpc) is 3.53. The number of carbonyl (C=O) groups excluding carboxylic acids is 1. The lowest BCUT2D eigenvalue weighted by Gasteiger charge is -2.20. The average molecular weight is 454 g/mol. The van der Waals surface area contributed by atoms with E-state index in [1.807, 2.05) is 42.2 Å². The van der Waals surface area contributed by atoms with Gasteiger partial charge in [-0.25, -0.2) is 4.98 Å². The molecule has 0 bridgehead atoms. The second-order valence-corrected chi connectivity index (χ2v) is 10.6. The highest BCUT2D eigenvalue weighted by molar-refractivity contribution is 7.99. The number of nitrogens with zero attached hydrogens (tertiary/aromatic N) is 3. The number of carbonyl (C=O) groups is 1. The van der Waals surface area contributed by atoms with Crippen molar-refractivity contribution in [1.29, 1.82) is 0 Å². The Kier molecular flexibility index (Phi) is 5.65. The SMILES string of the molecule is CCN(C(=O)CSc1nc2sc3c(c2c(=O)n1-c1ccccc1)CCC(C)C3)C1CC1. The first-order valence-electron chi connectivity index (χ1n) is 11.1. The fraction of sp³-hybridized carbons (Fsp3) is 0.458. The summed E-state index contributed by atoms with van der Waals surface area (Å²) in [4.78, 5) is 35.6. The van der Waals surface area contributed by atoms with E-state index in [0.717, 1.165) is 54.6 Å². The predicted molar refractivity (Wildman–Crippen MR) is 128 cm³/mol. The zero-order chi connectivity index (χ0) is 21.5. The van der Waals surface area contributed by atoms with Gasteiger partial charge >= 0.3 is 0 Å². The van der Waals surface area contributed by atoms with Crippen LogP contribution in [0.15, 0.2) is 40.3 Å². The van der Waals surface area contributed by atoms with E-state index in [1.54, 1.807) is 15.9 Å². The molecule has 1 saturated carbocycles. The maximum Gasteiger partial charge on any atom is 0.267 e. The molecule has 0 radical (unpaired) electrons. The topological polar surface area (TPSA) is 55.2 Å². The summed E-state index contributed by atoms with van der Waals surface area (Å²) in [6.07, 6.45) is 5.28. The monoisotopic (exact) mass is 453 g/mol. The quantitative estimate of drug-likeness (QED) is 0.402. The first-order chi connectivity index (χ1) is 15.1. The Balaban J connectivity index is 1.57. The van der Waals surface area contributed by atoms with Crippen molar-refractivity contribution in [3.05, 3.63) is 51.1 Å². The van der Waals surface area contributed by atoms with E-state index < -0.39 is 0 Å². The van der Waals surface area contributed by atoms with Crippen molar-refractivity contribution < 1.29 is 4.79 Å². The lowest BCUT2D eigenvalue weighted by atomic mass is 9.89. The van der Waals surface area contributed by atoms with Crippen molar-refractivity contribution in [2.45, 2.75) is 57.1 Å². The van der Waals surface area contributed by atoms with Gasteiger partial charge in [0.15, 0.2) is 5.16 Å². The summed E-state index contributed by atoms with van der Waals surface area (Å²) < 4.78 is 1.71. The highest BCUT2D eigenvalue weighted by Crippen LogP contribution is 2.37. The predicted octanol–water partition coefficient (Wildman–Crippen LogP) is 4.68. The summed E-state index contributed by atoms with van der Waals surface area (Å²) in [7, 11) is 0. The van der Waals surface area contributed by atoms with Gasteiger partial charge in [-0.15, -0.1) is 11.3 Å². The van der Waals surface area contributed by atoms with Crippen molar-refractivity contribution in [1.82, 2.24) is 14.5 Å². The molecule has 0 spiro atoms. The maximum atomic E-state index is 13.7. The van der Waals surface area contributed by atoms with E-state index in [1.165, 1.54) is 22.2 Å². The summed E-state index contributed by atoms with van der Waals surface area (Å²) in [5, 5.41) is 1.38. The van der Waals surface area contributed by atoms with Crippen molar-refractivity contribution in [2.75, 3.05) is 12.3 Å². The molecule has 1 unspecified atom stereocenters. The molecule has 0 N–H and O–H groups in total. The van der Waals surface area contributed by atoms with E-state index in [0.29, 0.717) is 22.9 Å². The standard InChI is InChI=1S/C24H27N3O2S2/c1-3-26(16-10-11-16)20(28)14-30-24-25-22-21(18-12-9-15(2)13-19(18)31-22)23(29)27(24)17-7-5-4-6-8-17/h4-8,15-16H,3,9-14H2,1-2H3. The number of rotatable bonds is 6. The van der Waals surface area contributed by atoms with Gasteiger partial charge in [0.25, 0.3) is 5.56 Å². The normalized spacial score (nSPS) is 18.2. The second kappa shape index (κ2) is 8.43. The number of fused-ring (bicyclic) bond motifs is 3. The summed E-state index contributed by atoms with van der Waals surface area (Å²) in [5.74, 6) is 1.08. The van der Waals surface area contributed by atoms with Gasteiger partial charge < -0.3 is 4.90 Å². The van der Waals surface area contributed by atoms with Gasteiger partial charge in [0.2, 0.25) is 5.91 Å². The minimum absolute atomic E-state index is 0.00672. The minimum Gasteiger partial charge on any atom is -0.339 e. The molecular formula is C24H27N3O2S2. The molecule has 2 aliphatic rings. The number of para-hydroxylation sites is 1. The zero-order valence-corrected chi connectivity index (χ0v) is 19.6. The number of hydrogen-bond acceptors (Lipinski definition) is 5. The summed E-state index contributed by atoms with van der Waals surface area (Å²) in [5.41, 5.74) is 1.99. The molecule has 2 aromatic heterocycles. The Morgan fingerprint density at radius 2 is 2.03 bits per heavy atom.